The van der Waals surface area contributed by atoms with E-state index in [1.807, 2.05) is 0 Å². The fraction of sp³-hybridized carbons (Fsp3) is 0.316. The van der Waals surface area contributed by atoms with Crippen molar-refractivity contribution in [3.63, 3.8) is 0 Å². The Kier molecular flexibility index (Phi) is 5.99. The molecule has 2 amide bonds. The molecule has 1 heterocycles. The fourth-order valence-electron chi connectivity index (χ4n) is 3.25. The van der Waals surface area contributed by atoms with Crippen LogP contribution in [0.5, 0.6) is 5.75 Å². The Balaban J connectivity index is 1.93. The molecule has 0 saturated carbocycles. The van der Waals surface area contributed by atoms with Gasteiger partial charge < -0.3 is 20.1 Å². The second-order valence-electron chi connectivity index (χ2n) is 6.38. The molecule has 0 saturated heterocycles. The zero-order chi connectivity index (χ0) is 20.3. The van der Waals surface area contributed by atoms with E-state index in [0.717, 1.165) is 6.07 Å². The Labute approximate surface area is 165 Å². The quantitative estimate of drug-likeness (QED) is 0.780. The van der Waals surface area contributed by atoms with Gasteiger partial charge in [-0.1, -0.05) is 17.7 Å². The van der Waals surface area contributed by atoms with Crippen molar-refractivity contribution in [3.05, 3.63) is 40.7 Å². The molecule has 0 spiro atoms. The Bertz CT molecular complexity index is 897. The second-order valence-corrected chi connectivity index (χ2v) is 6.63. The average molecular weight is 409 g/mol. The van der Waals surface area contributed by atoms with Crippen molar-refractivity contribution in [3.8, 4) is 5.75 Å². The summed E-state index contributed by atoms with van der Waals surface area (Å²) in [6.07, 6.45) is 3.53. The van der Waals surface area contributed by atoms with Crippen LogP contribution in [0.25, 0.3) is 0 Å². The lowest BCUT2D eigenvalue weighted by atomic mass is 9.91. The monoisotopic (exact) mass is 408 g/mol. The van der Waals surface area contributed by atoms with Gasteiger partial charge in [-0.25, -0.2) is 9.18 Å². The van der Waals surface area contributed by atoms with Crippen LogP contribution < -0.4 is 15.0 Å². The van der Waals surface area contributed by atoms with E-state index < -0.39 is 17.7 Å². The average Bonchev–Trinajstić information content (AvgIpc) is 2.68. The maximum Gasteiger partial charge on any atom is 0.332 e. The molecule has 1 aromatic carbocycles. The maximum atomic E-state index is 14.5. The van der Waals surface area contributed by atoms with Gasteiger partial charge in [-0.15, -0.1) is 0 Å². The van der Waals surface area contributed by atoms with Crippen molar-refractivity contribution in [2.45, 2.75) is 25.7 Å². The highest BCUT2D eigenvalue weighted by molar-refractivity contribution is 6.25. The van der Waals surface area contributed by atoms with Gasteiger partial charge in [-0.2, -0.15) is 0 Å². The summed E-state index contributed by atoms with van der Waals surface area (Å²) in [5.41, 5.74) is 1.58. The van der Waals surface area contributed by atoms with E-state index in [0.29, 0.717) is 31.4 Å². The van der Waals surface area contributed by atoms with Crippen LogP contribution >= 0.6 is 11.6 Å². The van der Waals surface area contributed by atoms with Gasteiger partial charge >= 0.3 is 5.97 Å². The summed E-state index contributed by atoms with van der Waals surface area (Å²) in [7, 11) is 0. The zero-order valence-corrected chi connectivity index (χ0v) is 15.6. The molecule has 0 aromatic heterocycles. The highest BCUT2D eigenvalue weighted by atomic mass is 35.5. The fourth-order valence-corrected chi connectivity index (χ4v) is 3.33. The number of halogens is 2. The van der Waals surface area contributed by atoms with Gasteiger partial charge in [0.15, 0.2) is 12.4 Å². The smallest absolute Gasteiger partial charge is 0.332 e. The van der Waals surface area contributed by atoms with Crippen LogP contribution in [0.2, 0.25) is 0 Å². The number of nitrogens with one attached hydrogen (secondary N) is 1. The van der Waals surface area contributed by atoms with Gasteiger partial charge in [0.2, 0.25) is 0 Å². The van der Waals surface area contributed by atoms with Crippen molar-refractivity contribution in [1.29, 1.82) is 0 Å². The van der Waals surface area contributed by atoms with E-state index in [2.05, 4.69) is 5.32 Å². The van der Waals surface area contributed by atoms with E-state index in [1.165, 1.54) is 16.5 Å². The highest BCUT2D eigenvalue weighted by Crippen LogP contribution is 2.37. The lowest BCUT2D eigenvalue weighted by Gasteiger charge is -2.29. The van der Waals surface area contributed by atoms with Crippen LogP contribution in [0.15, 0.2) is 34.9 Å². The summed E-state index contributed by atoms with van der Waals surface area (Å²) >= 11 is 5.53. The normalized spacial score (nSPS) is 16.8. The minimum absolute atomic E-state index is 0.0505. The van der Waals surface area contributed by atoms with Gasteiger partial charge in [0.05, 0.1) is 11.4 Å². The van der Waals surface area contributed by atoms with Crippen molar-refractivity contribution < 1.29 is 28.6 Å². The van der Waals surface area contributed by atoms with Crippen molar-refractivity contribution in [2.75, 3.05) is 23.4 Å². The van der Waals surface area contributed by atoms with Crippen LogP contribution in [0.4, 0.5) is 15.8 Å². The number of hydrogen-bond acceptors (Lipinski definition) is 4. The number of ether oxygens (including phenoxy) is 1. The van der Waals surface area contributed by atoms with Gasteiger partial charge in [0.1, 0.15) is 5.75 Å². The number of rotatable bonds is 5. The molecule has 0 bridgehead atoms. The number of benzene rings is 1. The van der Waals surface area contributed by atoms with E-state index in [4.69, 9.17) is 16.3 Å². The lowest BCUT2D eigenvalue weighted by Crippen LogP contribution is -2.39. The molecule has 0 unspecified atom stereocenters. The molecule has 0 radical (unpaired) electrons. The topological polar surface area (TPSA) is 95.9 Å². The molecular weight excluding hydrogens is 391 g/mol. The predicted octanol–water partition coefficient (Wildman–Crippen LogP) is 3.20. The molecule has 2 N–H and O–H groups in total. The molecule has 148 valence electrons. The number of anilines is 2. The highest BCUT2D eigenvalue weighted by Gasteiger charge is 2.28. The number of nitrogens with zero attached hydrogens (tertiary/aromatic N) is 1. The number of carbonyl (C=O) groups is 3. The standard InChI is InChI=1S/C19H18ClFN2O5/c20-6-3-7-23-15-9-14(13(21)8-16(15)28-10-17(23)24)22-18(25)11-4-1-2-5-12(11)19(26)27/h3,6,8-9H,1-2,4-5,7,10H2,(H,22,25)(H,26,27). The summed E-state index contributed by atoms with van der Waals surface area (Å²) in [4.78, 5) is 37.4. The summed E-state index contributed by atoms with van der Waals surface area (Å²) in [5.74, 6) is -2.72. The number of carboxylic acids is 1. The van der Waals surface area contributed by atoms with Crippen LogP contribution in [-0.4, -0.2) is 36.0 Å². The number of hydrogen-bond donors (Lipinski definition) is 2. The van der Waals surface area contributed by atoms with Crippen LogP contribution in [0.3, 0.4) is 0 Å². The van der Waals surface area contributed by atoms with E-state index in [1.54, 1.807) is 6.08 Å². The summed E-state index contributed by atoms with van der Waals surface area (Å²) < 4.78 is 19.7. The maximum absolute atomic E-state index is 14.5. The van der Waals surface area contributed by atoms with Crippen LogP contribution in [0.1, 0.15) is 25.7 Å². The Morgan fingerprint density at radius 2 is 2.00 bits per heavy atom. The third kappa shape index (κ3) is 4.01. The molecule has 0 atom stereocenters. The number of aliphatic carboxylic acids is 1. The molecule has 7 nitrogen and oxygen atoms in total. The SMILES string of the molecule is O=C(O)C1=C(C(=O)Nc2cc3c(cc2F)OCC(=O)N3CC=CCl)CCCC1. The van der Waals surface area contributed by atoms with Crippen LogP contribution in [0, 0.1) is 5.82 Å². The third-order valence-electron chi connectivity index (χ3n) is 4.62. The minimum atomic E-state index is -1.14. The third-order valence-corrected chi connectivity index (χ3v) is 4.80. The molecule has 28 heavy (non-hydrogen) atoms. The molecule has 2 aliphatic rings. The van der Waals surface area contributed by atoms with E-state index in [-0.39, 0.29) is 41.6 Å². The Hall–Kier alpha value is -2.87. The number of carbonyl (C=O) groups excluding carboxylic acids is 2. The lowest BCUT2D eigenvalue weighted by molar-refractivity contribution is -0.133. The van der Waals surface area contributed by atoms with Gasteiger partial charge in [0, 0.05) is 29.3 Å². The number of amides is 2. The first-order valence-corrected chi connectivity index (χ1v) is 9.14. The molecule has 1 aliphatic heterocycles. The molecular formula is C19H18ClFN2O5. The van der Waals surface area contributed by atoms with Gasteiger partial charge in [0.25, 0.3) is 11.8 Å². The van der Waals surface area contributed by atoms with Gasteiger partial charge in [-0.05, 0) is 31.7 Å². The van der Waals surface area contributed by atoms with Gasteiger partial charge in [-0.3, -0.25) is 9.59 Å². The first-order valence-electron chi connectivity index (χ1n) is 8.71. The first-order chi connectivity index (χ1) is 13.4. The molecule has 1 aliphatic carbocycles. The molecule has 3 rings (SSSR count). The second kappa shape index (κ2) is 8.43. The van der Waals surface area contributed by atoms with Crippen LogP contribution in [-0.2, 0) is 14.4 Å². The van der Waals surface area contributed by atoms with E-state index >= 15 is 0 Å². The molecule has 9 heteroatoms. The Morgan fingerprint density at radius 3 is 2.68 bits per heavy atom. The van der Waals surface area contributed by atoms with Crippen molar-refractivity contribution in [2.24, 2.45) is 0 Å². The largest absolute Gasteiger partial charge is 0.481 e. The summed E-state index contributed by atoms with van der Waals surface area (Å²) in [5, 5.41) is 11.7. The predicted molar refractivity (Wildman–Crippen MR) is 101 cm³/mol. The zero-order valence-electron chi connectivity index (χ0n) is 14.8. The Morgan fingerprint density at radius 1 is 1.29 bits per heavy atom. The molecule has 0 fully saturated rings. The number of carboxylic acid groups (broad SMARTS) is 1. The molecule has 1 aromatic rings. The van der Waals surface area contributed by atoms with Crippen molar-refractivity contribution in [1.82, 2.24) is 0 Å². The first kappa shape index (κ1) is 19.9. The number of fused-ring (bicyclic) bond motifs is 1. The van der Waals surface area contributed by atoms with Crippen molar-refractivity contribution >= 4 is 40.8 Å². The van der Waals surface area contributed by atoms with E-state index in [9.17, 15) is 23.9 Å². The minimum Gasteiger partial charge on any atom is -0.481 e. The summed E-state index contributed by atoms with van der Waals surface area (Å²) in [6, 6.07) is 2.38. The summed E-state index contributed by atoms with van der Waals surface area (Å²) in [6.45, 7) is -0.0742.